The molecule has 1 saturated heterocycles. The Bertz CT molecular complexity index is 768. The number of hydrogen-bond donors (Lipinski definition) is 4. The molecule has 1 aliphatic heterocycles. The Kier molecular flexibility index (Phi) is 3.54. The highest BCUT2D eigenvalue weighted by atomic mass is 16.7. The molecule has 1 aliphatic rings. The van der Waals surface area contributed by atoms with Crippen molar-refractivity contribution in [2.45, 2.75) is 31.0 Å². The van der Waals surface area contributed by atoms with Crippen LogP contribution < -0.4 is 5.63 Å². The molecule has 0 bridgehead atoms. The average Bonchev–Trinajstić information content (AvgIpc) is 2.71. The van der Waals surface area contributed by atoms with Crippen LogP contribution in [0.4, 0.5) is 0 Å². The fraction of sp³-hybridized carbons (Fsp3) is 0.400. The fourth-order valence-electron chi connectivity index (χ4n) is 2.74. The van der Waals surface area contributed by atoms with Gasteiger partial charge < -0.3 is 29.6 Å². The van der Waals surface area contributed by atoms with Crippen molar-refractivity contribution in [3.8, 4) is 0 Å². The molecule has 118 valence electrons. The number of rotatable bonds is 2. The second-order valence-corrected chi connectivity index (χ2v) is 5.43. The van der Waals surface area contributed by atoms with Crippen LogP contribution in [0.5, 0.6) is 0 Å². The minimum atomic E-state index is -2.19. The van der Waals surface area contributed by atoms with Crippen LogP contribution in [0.15, 0.2) is 33.5 Å². The first-order chi connectivity index (χ1) is 10.4. The van der Waals surface area contributed by atoms with Crippen LogP contribution in [-0.4, -0.2) is 45.3 Å². The van der Waals surface area contributed by atoms with Gasteiger partial charge in [0.1, 0.15) is 23.9 Å². The van der Waals surface area contributed by atoms with Crippen LogP contribution in [0.2, 0.25) is 0 Å². The molecule has 1 fully saturated rings. The van der Waals surface area contributed by atoms with Gasteiger partial charge in [0.15, 0.2) is 0 Å². The Morgan fingerprint density at radius 1 is 1.27 bits per heavy atom. The predicted molar refractivity (Wildman–Crippen MR) is 75.1 cm³/mol. The van der Waals surface area contributed by atoms with Gasteiger partial charge in [-0.2, -0.15) is 0 Å². The van der Waals surface area contributed by atoms with Crippen molar-refractivity contribution in [2.24, 2.45) is 0 Å². The maximum atomic E-state index is 11.4. The Balaban J connectivity index is 2.12. The summed E-state index contributed by atoms with van der Waals surface area (Å²) in [6.45, 7) is 1.20. The minimum Gasteiger partial charge on any atom is -0.423 e. The average molecular weight is 308 g/mol. The smallest absolute Gasteiger partial charge is 0.336 e. The van der Waals surface area contributed by atoms with E-state index in [1.54, 1.807) is 13.0 Å². The van der Waals surface area contributed by atoms with E-state index in [2.05, 4.69) is 0 Å². The van der Waals surface area contributed by atoms with Crippen molar-refractivity contribution >= 4 is 11.0 Å². The normalized spacial score (nSPS) is 31.8. The van der Waals surface area contributed by atoms with E-state index in [9.17, 15) is 20.1 Å². The zero-order chi connectivity index (χ0) is 16.1. The zero-order valence-electron chi connectivity index (χ0n) is 11.8. The molecule has 7 nitrogen and oxygen atoms in total. The Morgan fingerprint density at radius 3 is 2.64 bits per heavy atom. The van der Waals surface area contributed by atoms with Crippen molar-refractivity contribution in [3.05, 3.63) is 45.8 Å². The largest absolute Gasteiger partial charge is 0.423 e. The van der Waals surface area contributed by atoms with Crippen LogP contribution in [0, 0.1) is 6.92 Å². The first kappa shape index (κ1) is 15.1. The van der Waals surface area contributed by atoms with Gasteiger partial charge in [-0.15, -0.1) is 0 Å². The number of aryl methyl sites for hydroxylation is 1. The van der Waals surface area contributed by atoms with Gasteiger partial charge in [-0.3, -0.25) is 0 Å². The summed E-state index contributed by atoms with van der Waals surface area (Å²) in [7, 11) is 0. The molecule has 0 aliphatic carbocycles. The molecule has 4 atom stereocenters. The highest BCUT2D eigenvalue weighted by molar-refractivity contribution is 5.80. The van der Waals surface area contributed by atoms with Crippen molar-refractivity contribution in [1.82, 2.24) is 0 Å². The SMILES string of the molecule is Cc1cc(=O)oc2cc([C@@]3(O)O[C@H](CO)[C@H](O)[C@H]3O)ccc12. The molecule has 2 aromatic rings. The van der Waals surface area contributed by atoms with Gasteiger partial charge in [-0.1, -0.05) is 12.1 Å². The van der Waals surface area contributed by atoms with Crippen LogP contribution >= 0.6 is 0 Å². The highest BCUT2D eigenvalue weighted by Gasteiger charge is 2.54. The van der Waals surface area contributed by atoms with E-state index in [1.807, 2.05) is 0 Å². The molecule has 1 aromatic heterocycles. The highest BCUT2D eigenvalue weighted by Crippen LogP contribution is 2.38. The first-order valence-electron chi connectivity index (χ1n) is 6.79. The monoisotopic (exact) mass is 308 g/mol. The van der Waals surface area contributed by atoms with Gasteiger partial charge in [-0.05, 0) is 18.6 Å². The van der Waals surface area contributed by atoms with Crippen molar-refractivity contribution in [3.63, 3.8) is 0 Å². The van der Waals surface area contributed by atoms with Gasteiger partial charge in [0, 0.05) is 17.0 Å². The second-order valence-electron chi connectivity index (χ2n) is 5.43. The first-order valence-corrected chi connectivity index (χ1v) is 6.79. The summed E-state index contributed by atoms with van der Waals surface area (Å²) in [4.78, 5) is 11.4. The molecule has 0 amide bonds. The summed E-state index contributed by atoms with van der Waals surface area (Å²) < 4.78 is 10.3. The molecular weight excluding hydrogens is 292 g/mol. The summed E-state index contributed by atoms with van der Waals surface area (Å²) in [5, 5.41) is 40.1. The summed E-state index contributed by atoms with van der Waals surface area (Å²) in [5.74, 6) is -2.19. The summed E-state index contributed by atoms with van der Waals surface area (Å²) in [5.41, 5.74) is 0.533. The molecule has 2 heterocycles. The lowest BCUT2D eigenvalue weighted by molar-refractivity contribution is -0.239. The van der Waals surface area contributed by atoms with Gasteiger partial charge >= 0.3 is 5.63 Å². The quantitative estimate of drug-likeness (QED) is 0.545. The van der Waals surface area contributed by atoms with Crippen LogP contribution in [-0.2, 0) is 10.5 Å². The summed E-state index contributed by atoms with van der Waals surface area (Å²) >= 11 is 0. The topological polar surface area (TPSA) is 120 Å². The number of fused-ring (bicyclic) bond motifs is 1. The third kappa shape index (κ3) is 2.15. The minimum absolute atomic E-state index is 0.122. The van der Waals surface area contributed by atoms with E-state index < -0.39 is 36.3 Å². The Morgan fingerprint density at radius 2 is 2.00 bits per heavy atom. The number of benzene rings is 1. The molecule has 0 radical (unpaired) electrons. The van der Waals surface area contributed by atoms with E-state index in [1.165, 1.54) is 18.2 Å². The lowest BCUT2D eigenvalue weighted by atomic mass is 9.96. The van der Waals surface area contributed by atoms with E-state index in [-0.39, 0.29) is 11.1 Å². The summed E-state index contributed by atoms with van der Waals surface area (Å²) in [6, 6.07) is 5.85. The van der Waals surface area contributed by atoms with E-state index >= 15 is 0 Å². The van der Waals surface area contributed by atoms with Gasteiger partial charge in [0.2, 0.25) is 5.79 Å². The Hall–Kier alpha value is -1.77. The number of aliphatic hydroxyl groups excluding tert-OH is 3. The molecule has 7 heteroatoms. The van der Waals surface area contributed by atoms with E-state index in [0.29, 0.717) is 10.9 Å². The molecule has 0 saturated carbocycles. The zero-order valence-corrected chi connectivity index (χ0v) is 11.8. The molecule has 22 heavy (non-hydrogen) atoms. The Labute approximate surface area is 125 Å². The fourth-order valence-corrected chi connectivity index (χ4v) is 2.74. The maximum Gasteiger partial charge on any atom is 0.336 e. The van der Waals surface area contributed by atoms with Gasteiger partial charge in [-0.25, -0.2) is 4.79 Å². The molecule has 1 aromatic carbocycles. The number of ether oxygens (including phenoxy) is 1. The third-order valence-corrected chi connectivity index (χ3v) is 3.98. The number of hydrogen-bond acceptors (Lipinski definition) is 7. The van der Waals surface area contributed by atoms with E-state index in [0.717, 1.165) is 0 Å². The molecule has 4 N–H and O–H groups in total. The summed E-state index contributed by atoms with van der Waals surface area (Å²) in [6.07, 6.45) is -4.19. The van der Waals surface area contributed by atoms with Crippen molar-refractivity contribution < 1.29 is 29.6 Å². The van der Waals surface area contributed by atoms with E-state index in [4.69, 9.17) is 14.3 Å². The van der Waals surface area contributed by atoms with Crippen molar-refractivity contribution in [1.29, 1.82) is 0 Å². The van der Waals surface area contributed by atoms with Crippen LogP contribution in [0.3, 0.4) is 0 Å². The molecule has 0 spiro atoms. The van der Waals surface area contributed by atoms with Gasteiger partial charge in [0.25, 0.3) is 0 Å². The molecular formula is C15H16O7. The standard InChI is InChI=1S/C15H16O7/c1-7-4-12(17)21-10-5-8(2-3-9(7)10)15(20)14(19)13(18)11(6-16)22-15/h2-5,11,13-14,16,18-20H,6H2,1H3/t11-,13+,14-,15-/m1/s1. The second kappa shape index (κ2) is 5.15. The van der Waals surface area contributed by atoms with Crippen LogP contribution in [0.25, 0.3) is 11.0 Å². The number of aliphatic hydroxyl groups is 4. The van der Waals surface area contributed by atoms with Crippen molar-refractivity contribution in [2.75, 3.05) is 6.61 Å². The lowest BCUT2D eigenvalue weighted by Gasteiger charge is -2.26. The maximum absolute atomic E-state index is 11.4. The van der Waals surface area contributed by atoms with Gasteiger partial charge in [0.05, 0.1) is 6.61 Å². The third-order valence-electron chi connectivity index (χ3n) is 3.98. The molecule has 3 rings (SSSR count). The molecule has 0 unspecified atom stereocenters. The van der Waals surface area contributed by atoms with Crippen LogP contribution in [0.1, 0.15) is 11.1 Å². The lowest BCUT2D eigenvalue weighted by Crippen LogP contribution is -2.40. The predicted octanol–water partition coefficient (Wildman–Crippen LogP) is -0.641.